The standard InChI is InChI=1S/C12H21NO2/c1-7(2)10(14)8-6-9(8)11(15)13-12(3,4)5/h7-9H,6H2,1-5H3,(H,13,15)/t8-,9+/m0/s1. The summed E-state index contributed by atoms with van der Waals surface area (Å²) in [6, 6.07) is 0. The van der Waals surface area contributed by atoms with Gasteiger partial charge < -0.3 is 5.32 Å². The number of rotatable bonds is 3. The highest BCUT2D eigenvalue weighted by Gasteiger charge is 2.48. The number of Topliss-reactive ketones (excluding diaryl/α,β-unsaturated/α-hetero) is 1. The lowest BCUT2D eigenvalue weighted by Gasteiger charge is -2.20. The van der Waals surface area contributed by atoms with Crippen molar-refractivity contribution < 1.29 is 9.59 Å². The summed E-state index contributed by atoms with van der Waals surface area (Å²) in [6.07, 6.45) is 0.735. The maximum atomic E-state index is 11.7. The number of amides is 1. The molecule has 86 valence electrons. The molecule has 0 aromatic heterocycles. The maximum absolute atomic E-state index is 11.7. The normalized spacial score (nSPS) is 25.2. The Labute approximate surface area is 91.6 Å². The van der Waals surface area contributed by atoms with Crippen molar-refractivity contribution in [2.45, 2.75) is 46.6 Å². The molecular formula is C12H21NO2. The number of carbonyl (C=O) groups is 2. The summed E-state index contributed by atoms with van der Waals surface area (Å²) in [5.41, 5.74) is -0.203. The van der Waals surface area contributed by atoms with Gasteiger partial charge in [-0.1, -0.05) is 13.8 Å². The average molecular weight is 211 g/mol. The Balaban J connectivity index is 2.44. The van der Waals surface area contributed by atoms with Gasteiger partial charge in [0.05, 0.1) is 0 Å². The lowest BCUT2D eigenvalue weighted by molar-refractivity contribution is -0.128. The molecule has 1 amide bonds. The summed E-state index contributed by atoms with van der Waals surface area (Å²) >= 11 is 0. The third kappa shape index (κ3) is 3.33. The SMILES string of the molecule is CC(C)C(=O)[C@H]1C[C@H]1C(=O)NC(C)(C)C. The molecule has 0 aromatic rings. The third-order valence-electron chi connectivity index (χ3n) is 2.56. The second-order valence-electron chi connectivity index (χ2n) is 5.75. The van der Waals surface area contributed by atoms with Crippen molar-refractivity contribution in [3.63, 3.8) is 0 Å². The predicted octanol–water partition coefficient (Wildman–Crippen LogP) is 1.76. The minimum atomic E-state index is -0.203. The molecule has 1 fully saturated rings. The van der Waals surface area contributed by atoms with Gasteiger partial charge in [0, 0.05) is 23.3 Å². The van der Waals surface area contributed by atoms with E-state index in [9.17, 15) is 9.59 Å². The Hall–Kier alpha value is -0.860. The van der Waals surface area contributed by atoms with E-state index in [2.05, 4.69) is 5.32 Å². The van der Waals surface area contributed by atoms with Crippen LogP contribution in [0.1, 0.15) is 41.0 Å². The molecule has 15 heavy (non-hydrogen) atoms. The molecule has 1 N–H and O–H groups in total. The van der Waals surface area contributed by atoms with Crippen LogP contribution in [0.4, 0.5) is 0 Å². The number of ketones is 1. The first-order valence-corrected chi connectivity index (χ1v) is 5.58. The van der Waals surface area contributed by atoms with E-state index in [1.807, 2.05) is 34.6 Å². The van der Waals surface area contributed by atoms with Gasteiger partial charge in [-0.05, 0) is 27.2 Å². The van der Waals surface area contributed by atoms with Crippen LogP contribution in [-0.4, -0.2) is 17.2 Å². The molecule has 1 saturated carbocycles. The van der Waals surface area contributed by atoms with Crippen LogP contribution in [0, 0.1) is 17.8 Å². The molecule has 0 heterocycles. The highest BCUT2D eigenvalue weighted by molar-refractivity contribution is 5.94. The van der Waals surface area contributed by atoms with Crippen LogP contribution in [-0.2, 0) is 9.59 Å². The van der Waals surface area contributed by atoms with Crippen molar-refractivity contribution in [1.29, 1.82) is 0 Å². The summed E-state index contributed by atoms with van der Waals surface area (Å²) in [4.78, 5) is 23.3. The zero-order valence-electron chi connectivity index (χ0n) is 10.3. The smallest absolute Gasteiger partial charge is 0.224 e. The van der Waals surface area contributed by atoms with Gasteiger partial charge >= 0.3 is 0 Å². The number of nitrogens with one attached hydrogen (secondary N) is 1. The quantitative estimate of drug-likeness (QED) is 0.773. The Bertz CT molecular complexity index is 276. The van der Waals surface area contributed by atoms with E-state index in [0.717, 1.165) is 6.42 Å². The lowest BCUT2D eigenvalue weighted by atomic mass is 10.0. The molecule has 1 rings (SSSR count). The van der Waals surface area contributed by atoms with Crippen LogP contribution in [0.15, 0.2) is 0 Å². The fourth-order valence-electron chi connectivity index (χ4n) is 1.69. The summed E-state index contributed by atoms with van der Waals surface area (Å²) in [5, 5.41) is 2.91. The highest BCUT2D eigenvalue weighted by Crippen LogP contribution is 2.41. The monoisotopic (exact) mass is 211 g/mol. The Kier molecular flexibility index (Phi) is 3.22. The summed E-state index contributed by atoms with van der Waals surface area (Å²) < 4.78 is 0. The van der Waals surface area contributed by atoms with Crippen LogP contribution in [0.25, 0.3) is 0 Å². The Morgan fingerprint density at radius 2 is 1.73 bits per heavy atom. The van der Waals surface area contributed by atoms with Crippen LogP contribution >= 0.6 is 0 Å². The van der Waals surface area contributed by atoms with Crippen molar-refractivity contribution >= 4 is 11.7 Å². The topological polar surface area (TPSA) is 46.2 Å². The molecule has 3 nitrogen and oxygen atoms in total. The van der Waals surface area contributed by atoms with E-state index in [1.165, 1.54) is 0 Å². The van der Waals surface area contributed by atoms with E-state index in [-0.39, 0.29) is 35.0 Å². The fraction of sp³-hybridized carbons (Fsp3) is 0.833. The van der Waals surface area contributed by atoms with Gasteiger partial charge in [-0.25, -0.2) is 0 Å². The number of hydrogen-bond acceptors (Lipinski definition) is 2. The van der Waals surface area contributed by atoms with E-state index in [0.29, 0.717) is 0 Å². The molecule has 0 saturated heterocycles. The van der Waals surface area contributed by atoms with Crippen LogP contribution in [0.2, 0.25) is 0 Å². The molecule has 3 heteroatoms. The molecule has 0 bridgehead atoms. The number of carbonyl (C=O) groups excluding carboxylic acids is 2. The minimum Gasteiger partial charge on any atom is -0.351 e. The lowest BCUT2D eigenvalue weighted by Crippen LogP contribution is -2.42. The van der Waals surface area contributed by atoms with Gasteiger partial charge in [0.1, 0.15) is 5.78 Å². The van der Waals surface area contributed by atoms with Gasteiger partial charge in [-0.15, -0.1) is 0 Å². The molecular weight excluding hydrogens is 190 g/mol. The van der Waals surface area contributed by atoms with Crippen molar-refractivity contribution in [2.75, 3.05) is 0 Å². The first-order valence-electron chi connectivity index (χ1n) is 5.58. The third-order valence-corrected chi connectivity index (χ3v) is 2.56. The first-order chi connectivity index (χ1) is 6.72. The fourth-order valence-corrected chi connectivity index (χ4v) is 1.69. The van der Waals surface area contributed by atoms with Crippen LogP contribution < -0.4 is 5.32 Å². The average Bonchev–Trinajstić information content (AvgIpc) is 2.77. The van der Waals surface area contributed by atoms with E-state index in [1.54, 1.807) is 0 Å². The molecule has 1 aliphatic rings. The molecule has 0 radical (unpaired) electrons. The van der Waals surface area contributed by atoms with Gasteiger partial charge in [-0.3, -0.25) is 9.59 Å². The van der Waals surface area contributed by atoms with Gasteiger partial charge in [-0.2, -0.15) is 0 Å². The molecule has 0 unspecified atom stereocenters. The van der Waals surface area contributed by atoms with Crippen molar-refractivity contribution in [1.82, 2.24) is 5.32 Å². The molecule has 2 atom stereocenters. The van der Waals surface area contributed by atoms with Gasteiger partial charge in [0.15, 0.2) is 0 Å². The minimum absolute atomic E-state index is 0.0210. The predicted molar refractivity (Wildman–Crippen MR) is 59.3 cm³/mol. The maximum Gasteiger partial charge on any atom is 0.224 e. The molecule has 0 aliphatic heterocycles. The summed E-state index contributed by atoms with van der Waals surface area (Å²) in [5.74, 6) is 0.208. The summed E-state index contributed by atoms with van der Waals surface area (Å²) in [6.45, 7) is 9.63. The zero-order valence-corrected chi connectivity index (χ0v) is 10.3. The van der Waals surface area contributed by atoms with E-state index in [4.69, 9.17) is 0 Å². The van der Waals surface area contributed by atoms with Crippen molar-refractivity contribution in [2.24, 2.45) is 17.8 Å². The van der Waals surface area contributed by atoms with Crippen LogP contribution in [0.3, 0.4) is 0 Å². The van der Waals surface area contributed by atoms with Crippen molar-refractivity contribution in [3.8, 4) is 0 Å². The molecule has 1 aliphatic carbocycles. The van der Waals surface area contributed by atoms with E-state index >= 15 is 0 Å². The van der Waals surface area contributed by atoms with E-state index < -0.39 is 0 Å². The molecule has 0 aromatic carbocycles. The highest BCUT2D eigenvalue weighted by atomic mass is 16.2. The Morgan fingerprint density at radius 1 is 1.20 bits per heavy atom. The van der Waals surface area contributed by atoms with Gasteiger partial charge in [0.25, 0.3) is 0 Å². The van der Waals surface area contributed by atoms with Gasteiger partial charge in [0.2, 0.25) is 5.91 Å². The zero-order chi connectivity index (χ0) is 11.8. The first kappa shape index (κ1) is 12.2. The second kappa shape index (κ2) is 3.95. The summed E-state index contributed by atoms with van der Waals surface area (Å²) in [7, 11) is 0. The largest absolute Gasteiger partial charge is 0.351 e. The van der Waals surface area contributed by atoms with Crippen molar-refractivity contribution in [3.05, 3.63) is 0 Å². The Morgan fingerprint density at radius 3 is 2.13 bits per heavy atom. The van der Waals surface area contributed by atoms with Crippen LogP contribution in [0.5, 0.6) is 0 Å². The molecule has 0 spiro atoms. The number of hydrogen-bond donors (Lipinski definition) is 1. The second-order valence-corrected chi connectivity index (χ2v) is 5.75.